The van der Waals surface area contributed by atoms with Crippen LogP contribution in [0.15, 0.2) is 36.4 Å². The van der Waals surface area contributed by atoms with Crippen LogP contribution in [0.2, 0.25) is 0 Å². The maximum Gasteiger partial charge on any atom is 0.244 e. The molecule has 0 spiro atoms. The Kier molecular flexibility index (Phi) is 12.2. The maximum absolute atomic E-state index is 13.0. The molecule has 1 aromatic rings. The van der Waals surface area contributed by atoms with Gasteiger partial charge in [-0.15, -0.1) is 0 Å². The number of nitrogens with one attached hydrogen (secondary N) is 1. The summed E-state index contributed by atoms with van der Waals surface area (Å²) in [5.41, 5.74) is 12.5. The van der Waals surface area contributed by atoms with E-state index < -0.39 is 118 Å². The molecule has 0 saturated carbocycles. The van der Waals surface area contributed by atoms with Crippen LogP contribution in [-0.4, -0.2) is 159 Å². The van der Waals surface area contributed by atoms with Crippen molar-refractivity contribution in [1.29, 1.82) is 0 Å². The number of hydrogen-bond acceptors (Lipinski definition) is 16. The van der Waals surface area contributed by atoms with Gasteiger partial charge in [-0.25, -0.2) is 0 Å². The molecular weight excluding hydrogens is 590 g/mol. The van der Waals surface area contributed by atoms with E-state index in [9.17, 15) is 45.6 Å². The Hall–Kier alpha value is -2.17. The second kappa shape index (κ2) is 15.4. The summed E-state index contributed by atoms with van der Waals surface area (Å²) in [4.78, 5) is 13.0. The lowest BCUT2D eigenvalue weighted by Gasteiger charge is -2.49. The summed E-state index contributed by atoms with van der Waals surface area (Å²) in [5, 5.41) is 84.7. The minimum absolute atomic E-state index is 0.695. The van der Waals surface area contributed by atoms with Crippen LogP contribution in [0.25, 0.3) is 6.08 Å². The van der Waals surface area contributed by atoms with Crippen LogP contribution in [0.4, 0.5) is 0 Å². The van der Waals surface area contributed by atoms with Crippen molar-refractivity contribution in [2.75, 3.05) is 19.8 Å². The standard InChI is InChI=1S/C27H41N3O14/c28-16-21(37)23(13(9-32)40-25(16)39)44-27-18(30-15(34)7-6-11-4-2-1-3-5-11)22(38)24(14(10-33)42-27)43-26-17(29)20(36)19(35)12(8-31)41-26/h1-7,12-14,16-27,31-33,35-39H,8-10,28-29H2,(H,30,34)/b7-6+/t12-,13-,14-,16-,17-,18-,19-,20-,21-,22-,23?,24?,25-,26+,27+/m1/s1. The molecule has 0 aromatic heterocycles. The minimum atomic E-state index is -1.74. The highest BCUT2D eigenvalue weighted by molar-refractivity contribution is 5.92. The summed E-state index contributed by atoms with van der Waals surface area (Å²) in [6, 6.07) is 4.64. The van der Waals surface area contributed by atoms with Crippen LogP contribution in [0.5, 0.6) is 0 Å². The molecule has 3 aliphatic heterocycles. The molecule has 15 atom stereocenters. The highest BCUT2D eigenvalue weighted by Gasteiger charge is 2.53. The minimum Gasteiger partial charge on any atom is -0.394 e. The van der Waals surface area contributed by atoms with Gasteiger partial charge >= 0.3 is 0 Å². The predicted molar refractivity (Wildman–Crippen MR) is 147 cm³/mol. The van der Waals surface area contributed by atoms with Crippen molar-refractivity contribution in [1.82, 2.24) is 5.32 Å². The number of rotatable bonds is 10. The van der Waals surface area contributed by atoms with Gasteiger partial charge in [0.15, 0.2) is 18.9 Å². The summed E-state index contributed by atoms with van der Waals surface area (Å²) in [6.07, 6.45) is -15.4. The molecule has 0 bridgehead atoms. The van der Waals surface area contributed by atoms with Gasteiger partial charge in [0.25, 0.3) is 0 Å². The van der Waals surface area contributed by atoms with Gasteiger partial charge in [-0.2, -0.15) is 0 Å². The Bertz CT molecular complexity index is 1080. The van der Waals surface area contributed by atoms with E-state index in [2.05, 4.69) is 5.32 Å². The van der Waals surface area contributed by atoms with Crippen LogP contribution < -0.4 is 16.8 Å². The zero-order valence-electron chi connectivity index (χ0n) is 23.5. The Morgan fingerprint density at radius 2 is 1.32 bits per heavy atom. The highest BCUT2D eigenvalue weighted by Crippen LogP contribution is 2.31. The molecule has 3 saturated heterocycles. The molecule has 248 valence electrons. The number of amides is 1. The number of benzene rings is 1. The molecule has 3 fully saturated rings. The van der Waals surface area contributed by atoms with Gasteiger partial charge in [0.2, 0.25) is 5.91 Å². The average Bonchev–Trinajstić information content (AvgIpc) is 3.03. The van der Waals surface area contributed by atoms with E-state index in [1.807, 2.05) is 0 Å². The monoisotopic (exact) mass is 631 g/mol. The van der Waals surface area contributed by atoms with E-state index in [-0.39, 0.29) is 0 Å². The SMILES string of the molecule is N[C@H]1[C@H](OC2[C@@H](CO)O[C@@H](OC3[C@@H](CO)O[C@@H](O)[C@H](N)[C@H]3O)[C@H](NC(=O)/C=C/c3ccccc3)[C@H]2O)O[C@H](CO)[C@@H](O)[C@@H]1O. The molecule has 3 aliphatic rings. The van der Waals surface area contributed by atoms with E-state index in [0.29, 0.717) is 5.56 Å². The smallest absolute Gasteiger partial charge is 0.244 e. The van der Waals surface area contributed by atoms with Crippen molar-refractivity contribution in [2.24, 2.45) is 11.5 Å². The number of carbonyl (C=O) groups is 1. The van der Waals surface area contributed by atoms with Gasteiger partial charge < -0.3 is 81.3 Å². The van der Waals surface area contributed by atoms with Crippen molar-refractivity contribution in [3.05, 3.63) is 42.0 Å². The fourth-order valence-electron chi connectivity index (χ4n) is 5.26. The molecule has 0 radical (unpaired) electrons. The molecule has 13 N–H and O–H groups in total. The van der Waals surface area contributed by atoms with Crippen molar-refractivity contribution < 1.29 is 69.3 Å². The Balaban J connectivity index is 1.60. The molecule has 17 nitrogen and oxygen atoms in total. The van der Waals surface area contributed by atoms with Gasteiger partial charge in [-0.1, -0.05) is 30.3 Å². The van der Waals surface area contributed by atoms with Crippen LogP contribution in [0, 0.1) is 0 Å². The first-order valence-corrected chi connectivity index (χ1v) is 14.1. The fraction of sp³-hybridized carbons (Fsp3) is 0.667. The quantitative estimate of drug-likeness (QED) is 0.107. The molecule has 1 aromatic carbocycles. The molecule has 2 unspecified atom stereocenters. The van der Waals surface area contributed by atoms with E-state index in [1.54, 1.807) is 30.3 Å². The first kappa shape index (κ1) is 34.7. The largest absolute Gasteiger partial charge is 0.394 e. The Morgan fingerprint density at radius 3 is 1.95 bits per heavy atom. The van der Waals surface area contributed by atoms with Crippen LogP contribution in [0.1, 0.15) is 5.56 Å². The van der Waals surface area contributed by atoms with Crippen molar-refractivity contribution >= 4 is 12.0 Å². The lowest BCUT2D eigenvalue weighted by molar-refractivity contribution is -0.350. The summed E-state index contributed by atoms with van der Waals surface area (Å²) >= 11 is 0. The summed E-state index contributed by atoms with van der Waals surface area (Å²) in [5.74, 6) is -0.716. The first-order valence-electron chi connectivity index (χ1n) is 14.1. The lowest BCUT2D eigenvalue weighted by atomic mass is 9.94. The third-order valence-corrected chi connectivity index (χ3v) is 7.82. The van der Waals surface area contributed by atoms with E-state index in [4.69, 9.17) is 35.2 Å². The van der Waals surface area contributed by atoms with Crippen LogP contribution in [-0.2, 0) is 28.5 Å². The normalized spacial score (nSPS) is 43.2. The summed E-state index contributed by atoms with van der Waals surface area (Å²) < 4.78 is 28.3. The third-order valence-electron chi connectivity index (χ3n) is 7.82. The van der Waals surface area contributed by atoms with Gasteiger partial charge in [-0.05, 0) is 11.6 Å². The van der Waals surface area contributed by atoms with E-state index >= 15 is 0 Å². The highest BCUT2D eigenvalue weighted by atomic mass is 16.7. The zero-order chi connectivity index (χ0) is 32.1. The molecule has 17 heteroatoms. The molecule has 3 heterocycles. The van der Waals surface area contributed by atoms with Crippen LogP contribution in [0.3, 0.4) is 0 Å². The molecule has 4 rings (SSSR count). The molecule has 44 heavy (non-hydrogen) atoms. The van der Waals surface area contributed by atoms with Crippen molar-refractivity contribution in [3.63, 3.8) is 0 Å². The Labute approximate surface area is 252 Å². The van der Waals surface area contributed by atoms with Gasteiger partial charge in [0.1, 0.15) is 61.0 Å². The number of aliphatic hydroxyl groups is 8. The van der Waals surface area contributed by atoms with E-state index in [0.717, 1.165) is 0 Å². The summed E-state index contributed by atoms with van der Waals surface area (Å²) in [7, 11) is 0. The number of ether oxygens (including phenoxy) is 5. The number of nitrogens with two attached hydrogens (primary N) is 2. The average molecular weight is 632 g/mol. The van der Waals surface area contributed by atoms with E-state index in [1.165, 1.54) is 12.2 Å². The first-order chi connectivity index (χ1) is 21.0. The second-order valence-electron chi connectivity index (χ2n) is 10.8. The molecule has 1 amide bonds. The number of hydrogen-bond donors (Lipinski definition) is 11. The number of aliphatic hydroxyl groups excluding tert-OH is 8. The zero-order valence-corrected chi connectivity index (χ0v) is 23.5. The maximum atomic E-state index is 13.0. The predicted octanol–water partition coefficient (Wildman–Crippen LogP) is -5.80. The lowest BCUT2D eigenvalue weighted by Crippen LogP contribution is -2.70. The fourth-order valence-corrected chi connectivity index (χ4v) is 5.26. The van der Waals surface area contributed by atoms with Gasteiger partial charge in [0.05, 0.1) is 31.9 Å². The molecule has 0 aliphatic carbocycles. The Morgan fingerprint density at radius 1 is 0.750 bits per heavy atom. The summed E-state index contributed by atoms with van der Waals surface area (Å²) in [6.45, 7) is -2.20. The van der Waals surface area contributed by atoms with Gasteiger partial charge in [0, 0.05) is 6.08 Å². The molecular formula is C27H41N3O14. The number of carbonyl (C=O) groups excluding carboxylic acids is 1. The van der Waals surface area contributed by atoms with Gasteiger partial charge in [-0.3, -0.25) is 4.79 Å². The van der Waals surface area contributed by atoms with Crippen LogP contribution >= 0.6 is 0 Å². The second-order valence-corrected chi connectivity index (χ2v) is 10.8. The topological polar surface area (TPSA) is 289 Å². The van der Waals surface area contributed by atoms with Crippen molar-refractivity contribution in [3.8, 4) is 0 Å². The van der Waals surface area contributed by atoms with Crippen molar-refractivity contribution in [2.45, 2.75) is 91.9 Å². The third kappa shape index (κ3) is 7.61.